The van der Waals surface area contributed by atoms with Crippen molar-refractivity contribution in [2.75, 3.05) is 6.26 Å². The van der Waals surface area contributed by atoms with E-state index in [1.165, 1.54) is 30.3 Å². The molecular formula is C17H24N2O8PS+. The molecule has 29 heavy (non-hydrogen) atoms. The largest absolute Gasteiger partial charge is 0.692 e. The first kappa shape index (κ1) is 24.9. The van der Waals surface area contributed by atoms with Gasteiger partial charge >= 0.3 is 13.9 Å². The molecule has 1 aromatic carbocycles. The van der Waals surface area contributed by atoms with Gasteiger partial charge in [-0.15, -0.1) is 9.79 Å². The van der Waals surface area contributed by atoms with Crippen molar-refractivity contribution in [1.29, 1.82) is 0 Å². The van der Waals surface area contributed by atoms with Gasteiger partial charge < -0.3 is 4.74 Å². The molecule has 1 unspecified atom stereocenters. The van der Waals surface area contributed by atoms with Crippen molar-refractivity contribution in [3.05, 3.63) is 58.4 Å². The van der Waals surface area contributed by atoms with Crippen LogP contribution < -0.4 is 10.1 Å². The predicted octanol–water partition coefficient (Wildman–Crippen LogP) is 2.30. The summed E-state index contributed by atoms with van der Waals surface area (Å²) in [5, 5.41) is 14.7. The maximum Gasteiger partial charge on any atom is 0.692 e. The van der Waals surface area contributed by atoms with Crippen molar-refractivity contribution < 1.29 is 32.4 Å². The fourth-order valence-electron chi connectivity index (χ4n) is 2.56. The van der Waals surface area contributed by atoms with Gasteiger partial charge in [0.15, 0.2) is 9.84 Å². The Hall–Kier alpha value is -2.17. The van der Waals surface area contributed by atoms with E-state index in [0.29, 0.717) is 11.5 Å². The van der Waals surface area contributed by atoms with Crippen molar-refractivity contribution in [1.82, 2.24) is 5.32 Å². The highest BCUT2D eigenvalue weighted by Crippen LogP contribution is 2.27. The van der Waals surface area contributed by atoms with Crippen molar-refractivity contribution in [2.24, 2.45) is 0 Å². The summed E-state index contributed by atoms with van der Waals surface area (Å²) in [5.41, 5.74) is -1.91. The molecule has 2 rings (SSSR count). The van der Waals surface area contributed by atoms with Gasteiger partial charge in [0.1, 0.15) is 11.5 Å². The molecule has 0 saturated carbocycles. The molecule has 0 spiro atoms. The van der Waals surface area contributed by atoms with Crippen molar-refractivity contribution in [3.63, 3.8) is 0 Å². The molecule has 0 aliphatic heterocycles. The molecule has 12 heteroatoms. The van der Waals surface area contributed by atoms with Gasteiger partial charge in [-0.25, -0.2) is 13.7 Å². The van der Waals surface area contributed by atoms with E-state index >= 15 is 0 Å². The van der Waals surface area contributed by atoms with Crippen LogP contribution in [0.25, 0.3) is 0 Å². The minimum Gasteiger partial charge on any atom is -0.457 e. The molecule has 160 valence electrons. The molecule has 0 amide bonds. The Morgan fingerprint density at radius 1 is 1.24 bits per heavy atom. The summed E-state index contributed by atoms with van der Waals surface area (Å²) >= 11 is 0. The molecule has 0 aromatic heterocycles. The van der Waals surface area contributed by atoms with Crippen LogP contribution in [-0.2, 0) is 14.4 Å². The molecule has 0 saturated heterocycles. The number of rotatable bonds is 5. The molecule has 0 bridgehead atoms. The third-order valence-corrected chi connectivity index (χ3v) is 4.63. The van der Waals surface area contributed by atoms with Gasteiger partial charge in [-0.05, 0) is 51.1 Å². The molecule has 0 radical (unpaired) electrons. The average molecular weight is 447 g/mol. The lowest BCUT2D eigenvalue weighted by atomic mass is 9.96. The highest BCUT2D eigenvalue weighted by atomic mass is 32.2. The third-order valence-electron chi connectivity index (χ3n) is 3.50. The first-order chi connectivity index (χ1) is 13.1. The minimum absolute atomic E-state index is 0.182. The molecule has 1 atom stereocenters. The van der Waals surface area contributed by atoms with E-state index in [9.17, 15) is 18.5 Å². The van der Waals surface area contributed by atoms with E-state index in [1.807, 2.05) is 20.8 Å². The Labute approximate surface area is 169 Å². The Morgan fingerprint density at radius 3 is 2.17 bits per heavy atom. The molecule has 3 N–H and O–H groups in total. The average Bonchev–Trinajstić information content (AvgIpc) is 2.52. The number of nitro groups is 1. The summed E-state index contributed by atoms with van der Waals surface area (Å²) in [6.45, 7) is 5.57. The van der Waals surface area contributed by atoms with Gasteiger partial charge in [0.25, 0.3) is 0 Å². The fourth-order valence-corrected chi connectivity index (χ4v) is 3.19. The third kappa shape index (κ3) is 8.38. The SMILES string of the molecule is CC(C)(C)NC1([N+](=O)[O-])C=C(Oc2ccc(S(C)(=O)=O)cc2)C=CC1.O=[P+](O)O. The van der Waals surface area contributed by atoms with Crippen molar-refractivity contribution in [2.45, 2.75) is 43.3 Å². The molecule has 10 nitrogen and oxygen atoms in total. The number of hydrogen-bond donors (Lipinski definition) is 3. The predicted molar refractivity (Wildman–Crippen MR) is 107 cm³/mol. The van der Waals surface area contributed by atoms with Gasteiger partial charge in [-0.1, -0.05) is 6.08 Å². The number of hydrogen-bond acceptors (Lipinski definition) is 7. The number of ether oxygens (including phenoxy) is 1. The summed E-state index contributed by atoms with van der Waals surface area (Å²) in [5.74, 6) is 0.727. The number of nitrogens with zero attached hydrogens (tertiary/aromatic N) is 1. The number of nitrogens with one attached hydrogen (secondary N) is 1. The van der Waals surface area contributed by atoms with Crippen LogP contribution in [0, 0.1) is 10.1 Å². The Morgan fingerprint density at radius 2 is 1.76 bits per heavy atom. The maximum atomic E-state index is 11.6. The van der Waals surface area contributed by atoms with Crippen LogP contribution in [0.4, 0.5) is 0 Å². The van der Waals surface area contributed by atoms with E-state index in [0.717, 1.165) is 6.26 Å². The van der Waals surface area contributed by atoms with E-state index < -0.39 is 29.3 Å². The topological polar surface area (TPSA) is 156 Å². The van der Waals surface area contributed by atoms with E-state index in [1.54, 1.807) is 12.2 Å². The normalized spacial score (nSPS) is 18.9. The second-order valence-electron chi connectivity index (χ2n) is 7.31. The van der Waals surface area contributed by atoms with Crippen LogP contribution >= 0.6 is 8.25 Å². The fraction of sp³-hybridized carbons (Fsp3) is 0.412. The van der Waals surface area contributed by atoms with E-state index in [-0.39, 0.29) is 16.2 Å². The summed E-state index contributed by atoms with van der Waals surface area (Å²) < 4.78 is 37.3. The summed E-state index contributed by atoms with van der Waals surface area (Å²) in [4.78, 5) is 25.7. The molecular weight excluding hydrogens is 423 g/mol. The Balaban J connectivity index is 0.000000960. The number of sulfone groups is 1. The van der Waals surface area contributed by atoms with Crippen molar-refractivity contribution in [3.8, 4) is 5.75 Å². The highest BCUT2D eigenvalue weighted by molar-refractivity contribution is 7.90. The number of allylic oxidation sites excluding steroid dienone is 1. The minimum atomic E-state index is -3.29. The van der Waals surface area contributed by atoms with Crippen LogP contribution in [0.1, 0.15) is 27.2 Å². The van der Waals surface area contributed by atoms with Gasteiger partial charge in [0.05, 0.1) is 17.4 Å². The van der Waals surface area contributed by atoms with Crippen LogP contribution in [0.5, 0.6) is 5.75 Å². The van der Waals surface area contributed by atoms with E-state index in [4.69, 9.17) is 19.1 Å². The van der Waals surface area contributed by atoms with Gasteiger partial charge in [-0.2, -0.15) is 0 Å². The first-order valence-electron chi connectivity index (χ1n) is 8.31. The number of benzene rings is 1. The molecule has 0 heterocycles. The second kappa shape index (κ2) is 9.55. The molecule has 1 aromatic rings. The van der Waals surface area contributed by atoms with Crippen molar-refractivity contribution >= 4 is 18.1 Å². The lowest BCUT2D eigenvalue weighted by Gasteiger charge is -2.32. The first-order valence-corrected chi connectivity index (χ1v) is 11.4. The van der Waals surface area contributed by atoms with Gasteiger partial charge in [0, 0.05) is 21.3 Å². The second-order valence-corrected chi connectivity index (χ2v) is 9.83. The Bertz CT molecular complexity index is 916. The van der Waals surface area contributed by atoms with Gasteiger partial charge in [0.2, 0.25) is 0 Å². The summed E-state index contributed by atoms with van der Waals surface area (Å²) in [7, 11) is -6.16. The lowest BCUT2D eigenvalue weighted by molar-refractivity contribution is -0.565. The summed E-state index contributed by atoms with van der Waals surface area (Å²) in [6, 6.07) is 5.91. The standard InChI is InChI=1S/C17H22N2O5S.HO3P/c1-16(2,3)18-17(19(20)21)11-5-6-14(12-17)24-13-7-9-15(10-8-13)25(4,22)23;1-4(2)3/h5-10,12,18H,11H2,1-4H3;(H-,1,2,3)/p+1. The highest BCUT2D eigenvalue weighted by Gasteiger charge is 2.44. The monoisotopic (exact) mass is 447 g/mol. The van der Waals surface area contributed by atoms with Crippen LogP contribution in [0.2, 0.25) is 0 Å². The lowest BCUT2D eigenvalue weighted by Crippen LogP contribution is -2.58. The smallest absolute Gasteiger partial charge is 0.457 e. The molecule has 0 fully saturated rings. The quantitative estimate of drug-likeness (QED) is 0.267. The zero-order valence-corrected chi connectivity index (χ0v) is 18.1. The molecule has 1 aliphatic rings. The van der Waals surface area contributed by atoms with Crippen LogP contribution in [0.15, 0.2) is 53.1 Å². The zero-order chi connectivity index (χ0) is 22.5. The van der Waals surface area contributed by atoms with E-state index in [2.05, 4.69) is 5.32 Å². The Kier molecular flexibility index (Phi) is 8.19. The van der Waals surface area contributed by atoms with Gasteiger partial charge in [-0.3, -0.25) is 10.1 Å². The van der Waals surface area contributed by atoms with Crippen LogP contribution in [0.3, 0.4) is 0 Å². The zero-order valence-electron chi connectivity index (χ0n) is 16.4. The maximum absolute atomic E-state index is 11.6. The van der Waals surface area contributed by atoms with Crippen LogP contribution in [-0.4, -0.2) is 40.6 Å². The molecule has 1 aliphatic carbocycles. The summed E-state index contributed by atoms with van der Waals surface area (Å²) in [6.07, 6.45) is 6.12.